The highest BCUT2D eigenvalue weighted by atomic mass is 32.2. The summed E-state index contributed by atoms with van der Waals surface area (Å²) in [7, 11) is -0.789. The predicted octanol–water partition coefficient (Wildman–Crippen LogP) is 1.20. The molecule has 0 bridgehead atoms. The van der Waals surface area contributed by atoms with Gasteiger partial charge in [-0.15, -0.1) is 0 Å². The fourth-order valence-electron chi connectivity index (χ4n) is 1.57. The van der Waals surface area contributed by atoms with Crippen LogP contribution in [0.15, 0.2) is 18.2 Å². The van der Waals surface area contributed by atoms with Gasteiger partial charge in [0, 0.05) is 41.0 Å². The van der Waals surface area contributed by atoms with Crippen LogP contribution in [0.1, 0.15) is 24.2 Å². The first kappa shape index (κ1) is 15.5. The molecule has 0 radical (unpaired) electrons. The average Bonchev–Trinajstić information content (AvgIpc) is 2.40. The van der Waals surface area contributed by atoms with Crippen molar-refractivity contribution in [3.8, 4) is 0 Å². The van der Waals surface area contributed by atoms with Crippen molar-refractivity contribution in [1.82, 2.24) is 5.32 Å². The van der Waals surface area contributed by atoms with Crippen LogP contribution in [0.3, 0.4) is 0 Å². The largest absolute Gasteiger partial charge is 0.397 e. The monoisotopic (exact) mass is 283 g/mol. The number of amides is 1. The second-order valence-corrected chi connectivity index (χ2v) is 5.89. The second kappa shape index (κ2) is 7.78. The molecule has 4 N–H and O–H groups in total. The van der Waals surface area contributed by atoms with E-state index in [2.05, 4.69) is 10.6 Å². The zero-order valence-electron chi connectivity index (χ0n) is 11.4. The predicted molar refractivity (Wildman–Crippen MR) is 80.9 cm³/mol. The number of hydrogen-bond acceptors (Lipinski definition) is 4. The van der Waals surface area contributed by atoms with E-state index >= 15 is 0 Å². The van der Waals surface area contributed by atoms with Crippen molar-refractivity contribution in [1.29, 1.82) is 0 Å². The molecule has 1 aromatic rings. The number of nitrogens with two attached hydrogens (primary N) is 1. The second-order valence-electron chi connectivity index (χ2n) is 4.02. The number of hydrogen-bond donors (Lipinski definition) is 3. The highest BCUT2D eigenvalue weighted by molar-refractivity contribution is 7.84. The molecule has 0 spiro atoms. The summed E-state index contributed by atoms with van der Waals surface area (Å²) in [6.45, 7) is 4.95. The number of benzene rings is 1. The lowest BCUT2D eigenvalue weighted by molar-refractivity contribution is 0.0956. The SMILES string of the molecule is CCNC(=O)c1ccc(NCCS(=O)CC)c(N)c1. The summed E-state index contributed by atoms with van der Waals surface area (Å²) in [5.41, 5.74) is 7.71. The minimum atomic E-state index is -0.789. The number of carbonyl (C=O) groups is 1. The molecule has 1 amide bonds. The normalized spacial score (nSPS) is 11.9. The molecular formula is C13H21N3O2S. The lowest BCUT2D eigenvalue weighted by Gasteiger charge is -2.10. The molecule has 0 aliphatic rings. The van der Waals surface area contributed by atoms with Gasteiger partial charge in [0.1, 0.15) is 0 Å². The minimum absolute atomic E-state index is 0.132. The molecule has 1 unspecified atom stereocenters. The summed E-state index contributed by atoms with van der Waals surface area (Å²) in [5.74, 6) is 1.12. The number of nitrogen functional groups attached to an aromatic ring is 1. The Morgan fingerprint density at radius 3 is 2.68 bits per heavy atom. The molecular weight excluding hydrogens is 262 g/mol. The van der Waals surface area contributed by atoms with Gasteiger partial charge in [-0.25, -0.2) is 0 Å². The fourth-order valence-corrected chi connectivity index (χ4v) is 2.19. The molecule has 0 saturated heterocycles. The van der Waals surface area contributed by atoms with E-state index in [1.165, 1.54) is 0 Å². The van der Waals surface area contributed by atoms with Crippen LogP contribution in [0, 0.1) is 0 Å². The Balaban J connectivity index is 2.62. The van der Waals surface area contributed by atoms with Gasteiger partial charge in [-0.3, -0.25) is 9.00 Å². The van der Waals surface area contributed by atoms with Crippen molar-refractivity contribution in [2.24, 2.45) is 0 Å². The standard InChI is InChI=1S/C13H21N3O2S/c1-3-15-13(17)10-5-6-12(11(14)9-10)16-7-8-19(18)4-2/h5-6,9,16H,3-4,7-8,14H2,1-2H3,(H,15,17). The molecule has 0 heterocycles. The van der Waals surface area contributed by atoms with Crippen molar-refractivity contribution in [2.75, 3.05) is 35.6 Å². The van der Waals surface area contributed by atoms with Gasteiger partial charge in [0.15, 0.2) is 0 Å². The molecule has 0 aliphatic carbocycles. The van der Waals surface area contributed by atoms with Crippen molar-refractivity contribution >= 4 is 28.1 Å². The maximum Gasteiger partial charge on any atom is 0.251 e. The van der Waals surface area contributed by atoms with Gasteiger partial charge in [-0.1, -0.05) is 6.92 Å². The van der Waals surface area contributed by atoms with E-state index in [0.29, 0.717) is 35.8 Å². The lowest BCUT2D eigenvalue weighted by atomic mass is 10.1. The van der Waals surface area contributed by atoms with Crippen molar-refractivity contribution in [3.05, 3.63) is 23.8 Å². The van der Waals surface area contributed by atoms with E-state index in [0.717, 1.165) is 5.69 Å². The van der Waals surface area contributed by atoms with E-state index in [4.69, 9.17) is 5.73 Å². The molecule has 5 nitrogen and oxygen atoms in total. The van der Waals surface area contributed by atoms with Gasteiger partial charge in [0.25, 0.3) is 5.91 Å². The van der Waals surface area contributed by atoms with E-state index in [9.17, 15) is 9.00 Å². The summed E-state index contributed by atoms with van der Waals surface area (Å²) < 4.78 is 11.3. The third-order valence-corrected chi connectivity index (χ3v) is 3.92. The van der Waals surface area contributed by atoms with Crippen LogP contribution >= 0.6 is 0 Å². The van der Waals surface area contributed by atoms with Crippen LogP contribution in [0.4, 0.5) is 11.4 Å². The van der Waals surface area contributed by atoms with E-state index in [1.54, 1.807) is 18.2 Å². The molecule has 0 aromatic heterocycles. The Morgan fingerprint density at radius 2 is 2.11 bits per heavy atom. The maximum absolute atomic E-state index is 11.6. The molecule has 19 heavy (non-hydrogen) atoms. The number of rotatable bonds is 7. The number of nitrogens with one attached hydrogen (secondary N) is 2. The highest BCUT2D eigenvalue weighted by Crippen LogP contribution is 2.19. The summed E-state index contributed by atoms with van der Waals surface area (Å²) in [6.07, 6.45) is 0. The van der Waals surface area contributed by atoms with Gasteiger partial charge in [0.2, 0.25) is 0 Å². The number of anilines is 2. The van der Waals surface area contributed by atoms with Gasteiger partial charge in [-0.2, -0.15) is 0 Å². The quantitative estimate of drug-likeness (QED) is 0.657. The van der Waals surface area contributed by atoms with Gasteiger partial charge in [-0.05, 0) is 25.1 Å². The Labute approximate surface area is 116 Å². The van der Waals surface area contributed by atoms with Gasteiger partial charge < -0.3 is 16.4 Å². The molecule has 0 saturated carbocycles. The zero-order valence-corrected chi connectivity index (χ0v) is 12.2. The van der Waals surface area contributed by atoms with E-state index in [-0.39, 0.29) is 5.91 Å². The Kier molecular flexibility index (Phi) is 6.35. The third-order valence-electron chi connectivity index (χ3n) is 2.62. The lowest BCUT2D eigenvalue weighted by Crippen LogP contribution is -2.22. The molecule has 1 rings (SSSR count). The minimum Gasteiger partial charge on any atom is -0.397 e. The average molecular weight is 283 g/mol. The highest BCUT2D eigenvalue weighted by Gasteiger charge is 2.07. The molecule has 1 aromatic carbocycles. The molecule has 6 heteroatoms. The molecule has 0 aliphatic heterocycles. The van der Waals surface area contributed by atoms with E-state index in [1.807, 2.05) is 13.8 Å². The Hall–Kier alpha value is -1.56. The first-order valence-corrected chi connectivity index (χ1v) is 7.83. The summed E-state index contributed by atoms with van der Waals surface area (Å²) >= 11 is 0. The Bertz CT molecular complexity index is 463. The topological polar surface area (TPSA) is 84.2 Å². The summed E-state index contributed by atoms with van der Waals surface area (Å²) in [6, 6.07) is 5.14. The van der Waals surface area contributed by atoms with Crippen LogP contribution in [0.2, 0.25) is 0 Å². The Morgan fingerprint density at radius 1 is 1.37 bits per heavy atom. The smallest absolute Gasteiger partial charge is 0.251 e. The number of carbonyl (C=O) groups excluding carboxylic acids is 1. The van der Waals surface area contributed by atoms with Crippen LogP contribution in [0.25, 0.3) is 0 Å². The van der Waals surface area contributed by atoms with Crippen LogP contribution < -0.4 is 16.4 Å². The van der Waals surface area contributed by atoms with Crippen LogP contribution in [-0.2, 0) is 10.8 Å². The zero-order chi connectivity index (χ0) is 14.3. The van der Waals surface area contributed by atoms with Crippen LogP contribution in [0.5, 0.6) is 0 Å². The summed E-state index contributed by atoms with van der Waals surface area (Å²) in [4.78, 5) is 11.6. The molecule has 1 atom stereocenters. The van der Waals surface area contributed by atoms with Crippen molar-refractivity contribution in [3.63, 3.8) is 0 Å². The van der Waals surface area contributed by atoms with Crippen LogP contribution in [-0.4, -0.2) is 34.7 Å². The van der Waals surface area contributed by atoms with Crippen molar-refractivity contribution in [2.45, 2.75) is 13.8 Å². The maximum atomic E-state index is 11.6. The van der Waals surface area contributed by atoms with Gasteiger partial charge in [0.05, 0.1) is 11.4 Å². The van der Waals surface area contributed by atoms with Gasteiger partial charge >= 0.3 is 0 Å². The van der Waals surface area contributed by atoms with Crippen molar-refractivity contribution < 1.29 is 9.00 Å². The third kappa shape index (κ3) is 4.90. The first-order chi connectivity index (χ1) is 9.08. The van der Waals surface area contributed by atoms with E-state index < -0.39 is 10.8 Å². The summed E-state index contributed by atoms with van der Waals surface area (Å²) in [5, 5.41) is 5.85. The molecule has 106 valence electrons. The first-order valence-electron chi connectivity index (χ1n) is 6.35. The fraction of sp³-hybridized carbons (Fsp3) is 0.462. The molecule has 0 fully saturated rings.